The molecule has 0 unspecified atom stereocenters. The van der Waals surface area contributed by atoms with Crippen molar-refractivity contribution in [2.45, 2.75) is 10.4 Å². The van der Waals surface area contributed by atoms with Crippen LogP contribution in [0.3, 0.4) is 0 Å². The molecule has 0 aliphatic heterocycles. The van der Waals surface area contributed by atoms with Crippen LogP contribution in [0.15, 0.2) is 49.9 Å². The Kier molecular flexibility index (Phi) is 2.07. The van der Waals surface area contributed by atoms with Gasteiger partial charge in [-0.3, -0.25) is 0 Å². The van der Waals surface area contributed by atoms with Gasteiger partial charge in [-0.25, -0.2) is 9.97 Å². The molecule has 6 heteroatoms. The van der Waals surface area contributed by atoms with Gasteiger partial charge in [0.05, 0.1) is 6.20 Å². The Labute approximate surface area is 94.7 Å². The maximum Gasteiger partial charge on any atom is 0.266 e. The standard InChI is InChI=1S/C10H7N3O2S/c11-6-1-2-7-8(5-6)15-10(13-7)16-9-12-3-4-14-9/h1-5H,11H2. The first kappa shape index (κ1) is 9.29. The van der Waals surface area contributed by atoms with Gasteiger partial charge in [0.25, 0.3) is 10.4 Å². The lowest BCUT2D eigenvalue weighted by atomic mass is 10.3. The van der Waals surface area contributed by atoms with E-state index >= 15 is 0 Å². The highest BCUT2D eigenvalue weighted by molar-refractivity contribution is 7.98. The number of fused-ring (bicyclic) bond motifs is 1. The Morgan fingerprint density at radius 3 is 3.00 bits per heavy atom. The molecule has 3 rings (SSSR count). The SMILES string of the molecule is Nc1ccc2nc(Sc3ncco3)oc2c1. The first-order valence-corrected chi connectivity index (χ1v) is 5.36. The van der Waals surface area contributed by atoms with Crippen LogP contribution in [0.4, 0.5) is 5.69 Å². The molecule has 0 bridgehead atoms. The predicted molar refractivity (Wildman–Crippen MR) is 59.0 cm³/mol. The molecule has 2 N–H and O–H groups in total. The highest BCUT2D eigenvalue weighted by atomic mass is 32.2. The van der Waals surface area contributed by atoms with Crippen LogP contribution in [0, 0.1) is 0 Å². The number of aromatic nitrogens is 2. The third kappa shape index (κ3) is 1.63. The highest BCUT2D eigenvalue weighted by Gasteiger charge is 2.09. The van der Waals surface area contributed by atoms with Crippen LogP contribution >= 0.6 is 11.8 Å². The average Bonchev–Trinajstić information content (AvgIpc) is 2.86. The third-order valence-corrected chi connectivity index (χ3v) is 2.70. The summed E-state index contributed by atoms with van der Waals surface area (Å²) in [5.41, 5.74) is 7.72. The lowest BCUT2D eigenvalue weighted by Gasteiger charge is -1.88. The van der Waals surface area contributed by atoms with E-state index in [4.69, 9.17) is 14.6 Å². The summed E-state index contributed by atoms with van der Waals surface area (Å²) in [6.45, 7) is 0. The van der Waals surface area contributed by atoms with Gasteiger partial charge in [0.2, 0.25) is 0 Å². The second-order valence-electron chi connectivity index (χ2n) is 3.11. The number of benzene rings is 1. The van der Waals surface area contributed by atoms with Gasteiger partial charge in [-0.1, -0.05) is 0 Å². The maximum atomic E-state index is 5.64. The highest BCUT2D eigenvalue weighted by Crippen LogP contribution is 2.29. The van der Waals surface area contributed by atoms with Crippen LogP contribution in [0.25, 0.3) is 11.1 Å². The van der Waals surface area contributed by atoms with Crippen LogP contribution in [0.5, 0.6) is 0 Å². The van der Waals surface area contributed by atoms with Crippen molar-refractivity contribution in [3.05, 3.63) is 30.7 Å². The number of rotatable bonds is 2. The van der Waals surface area contributed by atoms with Crippen LogP contribution < -0.4 is 5.73 Å². The molecule has 3 aromatic rings. The van der Waals surface area contributed by atoms with E-state index in [0.29, 0.717) is 21.7 Å². The summed E-state index contributed by atoms with van der Waals surface area (Å²) in [7, 11) is 0. The van der Waals surface area contributed by atoms with Gasteiger partial charge in [-0.2, -0.15) is 0 Å². The molecule has 0 aliphatic rings. The minimum atomic E-state index is 0.489. The number of anilines is 1. The molecular weight excluding hydrogens is 226 g/mol. The molecule has 16 heavy (non-hydrogen) atoms. The lowest BCUT2D eigenvalue weighted by Crippen LogP contribution is -1.81. The molecule has 1 aromatic carbocycles. The average molecular weight is 233 g/mol. The predicted octanol–water partition coefficient (Wildman–Crippen LogP) is 2.55. The number of oxazole rings is 2. The second kappa shape index (κ2) is 3.57. The van der Waals surface area contributed by atoms with E-state index in [-0.39, 0.29) is 0 Å². The zero-order valence-electron chi connectivity index (χ0n) is 8.08. The Balaban J connectivity index is 1.99. The Morgan fingerprint density at radius 1 is 1.25 bits per heavy atom. The van der Waals surface area contributed by atoms with Crippen molar-refractivity contribution >= 4 is 28.5 Å². The summed E-state index contributed by atoms with van der Waals surface area (Å²) in [5.74, 6) is 0. The van der Waals surface area contributed by atoms with Crippen molar-refractivity contribution in [1.82, 2.24) is 9.97 Å². The van der Waals surface area contributed by atoms with Crippen molar-refractivity contribution in [2.24, 2.45) is 0 Å². The van der Waals surface area contributed by atoms with Gasteiger partial charge in [-0.15, -0.1) is 0 Å². The molecule has 0 saturated carbocycles. The van der Waals surface area contributed by atoms with Crippen molar-refractivity contribution in [3.8, 4) is 0 Å². The Bertz CT molecular complexity index is 618. The normalized spacial score (nSPS) is 11.0. The van der Waals surface area contributed by atoms with E-state index in [2.05, 4.69) is 9.97 Å². The van der Waals surface area contributed by atoms with Crippen molar-refractivity contribution in [1.29, 1.82) is 0 Å². The quantitative estimate of drug-likeness (QED) is 0.685. The second-order valence-corrected chi connectivity index (χ2v) is 4.01. The van der Waals surface area contributed by atoms with Crippen molar-refractivity contribution in [2.75, 3.05) is 5.73 Å². The van der Waals surface area contributed by atoms with Crippen LogP contribution in [0.2, 0.25) is 0 Å². The maximum absolute atomic E-state index is 5.64. The summed E-state index contributed by atoms with van der Waals surface area (Å²) < 4.78 is 10.6. The van der Waals surface area contributed by atoms with Gasteiger partial charge in [-0.05, 0) is 12.1 Å². The van der Waals surface area contributed by atoms with Crippen LogP contribution in [0.1, 0.15) is 0 Å². The fourth-order valence-corrected chi connectivity index (χ4v) is 1.94. The van der Waals surface area contributed by atoms with Gasteiger partial charge in [0.15, 0.2) is 5.58 Å². The molecule has 80 valence electrons. The Hall–Kier alpha value is -1.95. The topological polar surface area (TPSA) is 78.1 Å². The molecule has 0 spiro atoms. The summed E-state index contributed by atoms with van der Waals surface area (Å²) in [4.78, 5) is 8.24. The molecule has 2 aromatic heterocycles. The minimum Gasteiger partial charge on any atom is -0.440 e. The van der Waals surface area contributed by atoms with Gasteiger partial charge >= 0.3 is 0 Å². The number of hydrogen-bond donors (Lipinski definition) is 1. The first-order chi connectivity index (χ1) is 7.81. The summed E-state index contributed by atoms with van der Waals surface area (Å²) in [5, 5.41) is 0.988. The van der Waals surface area contributed by atoms with E-state index in [9.17, 15) is 0 Å². The first-order valence-electron chi connectivity index (χ1n) is 4.55. The fourth-order valence-electron chi connectivity index (χ4n) is 1.30. The monoisotopic (exact) mass is 233 g/mol. The minimum absolute atomic E-state index is 0.489. The summed E-state index contributed by atoms with van der Waals surface area (Å²) in [6.07, 6.45) is 3.08. The largest absolute Gasteiger partial charge is 0.440 e. The smallest absolute Gasteiger partial charge is 0.266 e. The van der Waals surface area contributed by atoms with Gasteiger partial charge < -0.3 is 14.6 Å². The van der Waals surface area contributed by atoms with E-state index in [0.717, 1.165) is 5.52 Å². The molecule has 0 aliphatic carbocycles. The van der Waals surface area contributed by atoms with E-state index in [1.165, 1.54) is 18.0 Å². The van der Waals surface area contributed by atoms with Crippen LogP contribution in [-0.4, -0.2) is 9.97 Å². The van der Waals surface area contributed by atoms with Gasteiger partial charge in [0.1, 0.15) is 11.8 Å². The molecule has 0 fully saturated rings. The molecule has 0 amide bonds. The molecular formula is C10H7N3O2S. The van der Waals surface area contributed by atoms with Crippen molar-refractivity contribution < 1.29 is 8.83 Å². The van der Waals surface area contributed by atoms with E-state index in [1.54, 1.807) is 18.3 Å². The number of nitrogens with zero attached hydrogens (tertiary/aromatic N) is 2. The molecule has 0 saturated heterocycles. The van der Waals surface area contributed by atoms with Crippen LogP contribution in [-0.2, 0) is 0 Å². The summed E-state index contributed by atoms with van der Waals surface area (Å²) >= 11 is 1.23. The zero-order valence-corrected chi connectivity index (χ0v) is 8.90. The van der Waals surface area contributed by atoms with E-state index in [1.807, 2.05) is 6.07 Å². The van der Waals surface area contributed by atoms with Crippen molar-refractivity contribution in [3.63, 3.8) is 0 Å². The number of nitrogen functional groups attached to an aromatic ring is 1. The summed E-state index contributed by atoms with van der Waals surface area (Å²) in [6, 6.07) is 5.33. The number of nitrogens with two attached hydrogens (primary N) is 1. The number of hydrogen-bond acceptors (Lipinski definition) is 6. The van der Waals surface area contributed by atoms with Gasteiger partial charge in [0, 0.05) is 23.5 Å². The van der Waals surface area contributed by atoms with E-state index < -0.39 is 0 Å². The molecule has 5 nitrogen and oxygen atoms in total. The fraction of sp³-hybridized carbons (Fsp3) is 0. The Morgan fingerprint density at radius 2 is 2.19 bits per heavy atom. The zero-order chi connectivity index (χ0) is 11.0. The molecule has 2 heterocycles. The lowest BCUT2D eigenvalue weighted by molar-refractivity contribution is 0.443. The molecule has 0 radical (unpaired) electrons. The third-order valence-electron chi connectivity index (χ3n) is 1.98. The molecule has 0 atom stereocenters.